The second kappa shape index (κ2) is 11.2. The van der Waals surface area contributed by atoms with E-state index in [1.54, 1.807) is 6.07 Å². The van der Waals surface area contributed by atoms with Crippen LogP contribution in [0.5, 0.6) is 0 Å². The molecule has 1 unspecified atom stereocenters. The molecule has 2 aliphatic carbocycles. The Morgan fingerprint density at radius 2 is 1.93 bits per heavy atom. The highest BCUT2D eigenvalue weighted by molar-refractivity contribution is 5.74. The predicted molar refractivity (Wildman–Crippen MR) is 157 cm³/mol. The number of aryl methyl sites for hydroxylation is 2. The Labute approximate surface area is 239 Å². The van der Waals surface area contributed by atoms with Gasteiger partial charge in [0.1, 0.15) is 11.9 Å². The van der Waals surface area contributed by atoms with Crippen molar-refractivity contribution in [2.75, 3.05) is 26.7 Å². The Morgan fingerprint density at radius 3 is 2.52 bits per heavy atom. The van der Waals surface area contributed by atoms with E-state index in [9.17, 15) is 14.3 Å². The zero-order chi connectivity index (χ0) is 28.8. The molecule has 40 heavy (non-hydrogen) atoms. The molecule has 1 spiro atoms. The molecule has 5 rings (SSSR count). The molecule has 3 aliphatic rings. The number of fused-ring (bicyclic) bond motifs is 2. The molecule has 1 saturated carbocycles. The van der Waals surface area contributed by atoms with Crippen LogP contribution in [-0.2, 0) is 29.6 Å². The molecule has 0 bridgehead atoms. The van der Waals surface area contributed by atoms with Crippen LogP contribution in [0.2, 0.25) is 0 Å². The van der Waals surface area contributed by atoms with Gasteiger partial charge in [-0.2, -0.15) is 5.10 Å². The number of hydrogen-bond acceptors (Lipinski definition) is 4. The summed E-state index contributed by atoms with van der Waals surface area (Å²) in [5.74, 6) is -0.409. The molecule has 7 heteroatoms. The Balaban J connectivity index is 1.35. The van der Waals surface area contributed by atoms with Crippen molar-refractivity contribution < 1.29 is 14.3 Å². The molecule has 6 nitrogen and oxygen atoms in total. The van der Waals surface area contributed by atoms with Gasteiger partial charge in [0.25, 0.3) is 0 Å². The zero-order valence-electron chi connectivity index (χ0n) is 25.4. The number of likely N-dealkylation sites (N-methyl/N-ethyl adjacent to an activating group) is 1. The van der Waals surface area contributed by atoms with Crippen LogP contribution in [0, 0.1) is 17.7 Å². The number of aromatic nitrogens is 2. The van der Waals surface area contributed by atoms with E-state index in [2.05, 4.69) is 41.3 Å². The fraction of sp³-hybridized carbons (Fsp3) is 0.697. The van der Waals surface area contributed by atoms with E-state index < -0.39 is 12.0 Å². The lowest BCUT2D eigenvalue weighted by molar-refractivity contribution is -0.147. The van der Waals surface area contributed by atoms with Crippen LogP contribution < -0.4 is 0 Å². The average molecular weight is 553 g/mol. The summed E-state index contributed by atoms with van der Waals surface area (Å²) in [5, 5.41) is 15.0. The van der Waals surface area contributed by atoms with Crippen molar-refractivity contribution in [1.82, 2.24) is 19.6 Å². The minimum atomic E-state index is -0.765. The molecule has 1 N–H and O–H groups in total. The first-order valence-corrected chi connectivity index (χ1v) is 15.5. The number of carboxylic acids is 1. The van der Waals surface area contributed by atoms with Gasteiger partial charge < -0.3 is 10.0 Å². The summed E-state index contributed by atoms with van der Waals surface area (Å²) in [6.07, 6.45) is 7.49. The van der Waals surface area contributed by atoms with E-state index >= 15 is 0 Å². The van der Waals surface area contributed by atoms with Crippen LogP contribution in [0.1, 0.15) is 95.2 Å². The topological polar surface area (TPSA) is 61.6 Å². The number of hydrogen-bond donors (Lipinski definition) is 1. The van der Waals surface area contributed by atoms with Crippen molar-refractivity contribution in [3.05, 3.63) is 52.6 Å². The summed E-state index contributed by atoms with van der Waals surface area (Å²) in [5.41, 5.74) is 5.37. The number of benzene rings is 1. The summed E-state index contributed by atoms with van der Waals surface area (Å²) in [6.45, 7) is 14.7. The van der Waals surface area contributed by atoms with Gasteiger partial charge >= 0.3 is 5.97 Å². The van der Waals surface area contributed by atoms with Crippen molar-refractivity contribution in [3.8, 4) is 0 Å². The largest absolute Gasteiger partial charge is 0.480 e. The van der Waals surface area contributed by atoms with E-state index in [1.807, 2.05) is 27.0 Å². The quantitative estimate of drug-likeness (QED) is 0.421. The van der Waals surface area contributed by atoms with Gasteiger partial charge in [0.05, 0.1) is 5.69 Å². The number of likely N-dealkylation sites (tertiary alicyclic amines) is 1. The average Bonchev–Trinajstić information content (AvgIpc) is 3.57. The summed E-state index contributed by atoms with van der Waals surface area (Å²) in [6, 6.07) is 6.55. The lowest BCUT2D eigenvalue weighted by Crippen LogP contribution is -2.53. The second-order valence-electron chi connectivity index (χ2n) is 13.5. The fourth-order valence-electron chi connectivity index (χ4n) is 8.65. The van der Waals surface area contributed by atoms with Crippen LogP contribution in [0.15, 0.2) is 24.3 Å². The van der Waals surface area contributed by atoms with E-state index in [-0.39, 0.29) is 28.6 Å². The van der Waals surface area contributed by atoms with Crippen LogP contribution in [-0.4, -0.2) is 68.9 Å². The van der Waals surface area contributed by atoms with E-state index in [4.69, 9.17) is 5.10 Å². The highest BCUT2D eigenvalue weighted by atomic mass is 19.1. The highest BCUT2D eigenvalue weighted by Crippen LogP contribution is 2.51. The van der Waals surface area contributed by atoms with Gasteiger partial charge in [0.2, 0.25) is 0 Å². The third-order valence-corrected chi connectivity index (χ3v) is 10.8. The molecule has 1 saturated heterocycles. The SMILES string of the molecule is CCc1nn(CC)c2c1CCC21CCN(C[C@H]2CC(C)(N(C)[C@@H](C(=O)O)C(C)C)C[C@@H]2c2cccc(F)c2)CC1. The van der Waals surface area contributed by atoms with Gasteiger partial charge in [-0.15, -0.1) is 0 Å². The highest BCUT2D eigenvalue weighted by Gasteiger charge is 2.50. The van der Waals surface area contributed by atoms with Crippen molar-refractivity contribution in [2.45, 2.75) is 109 Å². The zero-order valence-corrected chi connectivity index (χ0v) is 25.4. The lowest BCUT2D eigenvalue weighted by atomic mass is 9.75. The van der Waals surface area contributed by atoms with Gasteiger partial charge in [-0.05, 0) is 120 Å². The Morgan fingerprint density at radius 1 is 1.20 bits per heavy atom. The lowest BCUT2D eigenvalue weighted by Gasteiger charge is -2.42. The molecule has 1 aromatic heterocycles. The molecule has 1 aromatic carbocycles. The number of aliphatic carboxylic acids is 1. The molecule has 2 heterocycles. The number of piperidine rings is 1. The molecule has 2 aromatic rings. The Kier molecular flexibility index (Phi) is 8.19. The molecule has 4 atom stereocenters. The Hall–Kier alpha value is -2.25. The smallest absolute Gasteiger partial charge is 0.321 e. The molecule has 0 radical (unpaired) electrons. The fourth-order valence-corrected chi connectivity index (χ4v) is 8.65. The molecular weight excluding hydrogens is 503 g/mol. The number of rotatable bonds is 9. The summed E-state index contributed by atoms with van der Waals surface area (Å²) in [4.78, 5) is 17.0. The van der Waals surface area contributed by atoms with Gasteiger partial charge in [0, 0.05) is 29.7 Å². The normalized spacial score (nSPS) is 27.1. The maximum absolute atomic E-state index is 14.4. The van der Waals surface area contributed by atoms with Crippen molar-refractivity contribution in [1.29, 1.82) is 0 Å². The summed E-state index contributed by atoms with van der Waals surface area (Å²) < 4.78 is 16.7. The number of nitrogens with zero attached hydrogens (tertiary/aromatic N) is 4. The number of halogens is 1. The van der Waals surface area contributed by atoms with E-state index in [0.717, 1.165) is 70.3 Å². The van der Waals surface area contributed by atoms with Crippen molar-refractivity contribution >= 4 is 5.97 Å². The van der Waals surface area contributed by atoms with Crippen molar-refractivity contribution in [3.63, 3.8) is 0 Å². The second-order valence-corrected chi connectivity index (χ2v) is 13.5. The van der Waals surface area contributed by atoms with Crippen molar-refractivity contribution in [2.24, 2.45) is 11.8 Å². The maximum atomic E-state index is 14.4. The molecule has 0 amide bonds. The minimum absolute atomic E-state index is 0.00497. The molecular formula is C33H49FN4O2. The third-order valence-electron chi connectivity index (χ3n) is 10.8. The van der Waals surface area contributed by atoms with E-state index in [0.29, 0.717) is 5.92 Å². The van der Waals surface area contributed by atoms with Gasteiger partial charge in [-0.1, -0.05) is 32.9 Å². The molecule has 2 fully saturated rings. The summed E-state index contributed by atoms with van der Waals surface area (Å²) >= 11 is 0. The van der Waals surface area contributed by atoms with Crippen LogP contribution >= 0.6 is 0 Å². The van der Waals surface area contributed by atoms with Gasteiger partial charge in [-0.25, -0.2) is 4.39 Å². The number of carboxylic acid groups (broad SMARTS) is 1. The summed E-state index contributed by atoms with van der Waals surface area (Å²) in [7, 11) is 1.98. The van der Waals surface area contributed by atoms with Gasteiger partial charge in [0.15, 0.2) is 0 Å². The predicted octanol–water partition coefficient (Wildman–Crippen LogP) is 5.88. The molecule has 1 aliphatic heterocycles. The standard InChI is InChI=1S/C33H49FN4O2/c1-7-28-26-12-13-33(30(26)38(8-2)35-28)14-16-37(17-15-33)21-24-19-32(5,36(6)29(22(3)4)31(39)40)20-27(24)23-10-9-11-25(34)18-23/h9-11,18,22,24,27,29H,7-8,12-17,19-21H2,1-6H3,(H,39,40)/t24-,27-,29-,32?/m1/s1. The van der Waals surface area contributed by atoms with Crippen LogP contribution in [0.4, 0.5) is 4.39 Å². The van der Waals surface area contributed by atoms with Crippen LogP contribution in [0.25, 0.3) is 0 Å². The minimum Gasteiger partial charge on any atom is -0.480 e. The third kappa shape index (κ3) is 5.13. The first-order chi connectivity index (χ1) is 19.0. The molecule has 220 valence electrons. The Bertz CT molecular complexity index is 1220. The van der Waals surface area contributed by atoms with E-state index in [1.165, 1.54) is 29.4 Å². The number of carbonyl (C=O) groups is 1. The maximum Gasteiger partial charge on any atom is 0.321 e. The van der Waals surface area contributed by atoms with Crippen LogP contribution in [0.3, 0.4) is 0 Å². The first kappa shape index (κ1) is 29.2. The van der Waals surface area contributed by atoms with Gasteiger partial charge in [-0.3, -0.25) is 14.4 Å². The first-order valence-electron chi connectivity index (χ1n) is 15.5. The monoisotopic (exact) mass is 552 g/mol.